The molecule has 158 valence electrons. The summed E-state index contributed by atoms with van der Waals surface area (Å²) in [6.45, 7) is 2.13. The van der Waals surface area contributed by atoms with Crippen LogP contribution in [0.5, 0.6) is 0 Å². The lowest BCUT2D eigenvalue weighted by atomic mass is 9.80. The molecule has 0 N–H and O–H groups in total. The number of hydrogen-bond acceptors (Lipinski definition) is 1. The molecule has 1 aliphatic carbocycles. The van der Waals surface area contributed by atoms with Gasteiger partial charge < -0.3 is 4.74 Å². The SMILES string of the molecule is CCC1CCC(/C(F)=C(/F)c2ccc(CC(CCOC)C(F)(F)F)cc2)CC1. The molecule has 0 spiro atoms. The number of ether oxygens (including phenoxy) is 1. The maximum absolute atomic E-state index is 14.6. The van der Waals surface area contributed by atoms with Gasteiger partial charge in [-0.15, -0.1) is 0 Å². The first-order chi connectivity index (χ1) is 13.3. The first kappa shape index (κ1) is 22.9. The molecule has 1 aromatic carbocycles. The second-order valence-electron chi connectivity index (χ2n) is 7.71. The number of allylic oxidation sites excluding steroid dienone is 1. The van der Waals surface area contributed by atoms with Crippen molar-refractivity contribution < 1.29 is 26.7 Å². The van der Waals surface area contributed by atoms with E-state index in [0.29, 0.717) is 24.3 Å². The fourth-order valence-corrected chi connectivity index (χ4v) is 3.85. The average molecular weight is 404 g/mol. The van der Waals surface area contributed by atoms with E-state index in [-0.39, 0.29) is 25.0 Å². The number of rotatable bonds is 8. The first-order valence-electron chi connectivity index (χ1n) is 9.96. The van der Waals surface area contributed by atoms with Crippen molar-refractivity contribution in [3.8, 4) is 0 Å². The Morgan fingerprint density at radius 2 is 1.68 bits per heavy atom. The third-order valence-corrected chi connectivity index (χ3v) is 5.82. The number of hydrogen-bond donors (Lipinski definition) is 0. The van der Waals surface area contributed by atoms with Crippen molar-refractivity contribution in [3.63, 3.8) is 0 Å². The number of halogens is 5. The van der Waals surface area contributed by atoms with Crippen LogP contribution in [0.25, 0.3) is 5.83 Å². The number of alkyl halides is 3. The Hall–Kier alpha value is -1.43. The molecule has 1 aromatic rings. The zero-order valence-corrected chi connectivity index (χ0v) is 16.5. The minimum atomic E-state index is -4.33. The molecule has 0 heterocycles. The summed E-state index contributed by atoms with van der Waals surface area (Å²) >= 11 is 0. The molecule has 0 bridgehead atoms. The Kier molecular flexibility index (Phi) is 8.47. The maximum atomic E-state index is 14.6. The van der Waals surface area contributed by atoms with Crippen LogP contribution in [0.1, 0.15) is 56.6 Å². The molecule has 2 rings (SSSR count). The lowest BCUT2D eigenvalue weighted by Gasteiger charge is -2.27. The highest BCUT2D eigenvalue weighted by Gasteiger charge is 2.39. The van der Waals surface area contributed by atoms with Crippen LogP contribution in [-0.4, -0.2) is 19.9 Å². The van der Waals surface area contributed by atoms with E-state index in [1.165, 1.54) is 31.4 Å². The van der Waals surface area contributed by atoms with Crippen molar-refractivity contribution in [1.29, 1.82) is 0 Å². The number of methoxy groups -OCH3 is 1. The van der Waals surface area contributed by atoms with Crippen LogP contribution in [0.4, 0.5) is 22.0 Å². The lowest BCUT2D eigenvalue weighted by Crippen LogP contribution is -2.26. The van der Waals surface area contributed by atoms with Crippen molar-refractivity contribution in [2.75, 3.05) is 13.7 Å². The van der Waals surface area contributed by atoms with Gasteiger partial charge in [0, 0.05) is 25.2 Å². The Labute approximate surface area is 164 Å². The van der Waals surface area contributed by atoms with Crippen molar-refractivity contribution in [2.45, 2.75) is 58.0 Å². The Bertz CT molecular complexity index is 627. The average Bonchev–Trinajstić information content (AvgIpc) is 2.69. The van der Waals surface area contributed by atoms with Gasteiger partial charge in [-0.25, -0.2) is 8.78 Å². The Balaban J connectivity index is 2.06. The van der Waals surface area contributed by atoms with Crippen LogP contribution in [0, 0.1) is 17.8 Å². The predicted octanol–water partition coefficient (Wildman–Crippen LogP) is 7.27. The molecule has 6 heteroatoms. The molecule has 0 aromatic heterocycles. The van der Waals surface area contributed by atoms with E-state index >= 15 is 0 Å². The molecule has 1 saturated carbocycles. The summed E-state index contributed by atoms with van der Waals surface area (Å²) in [5, 5.41) is 0. The molecule has 1 nitrogen and oxygen atoms in total. The molecule has 1 aliphatic rings. The molecular weight excluding hydrogens is 375 g/mol. The van der Waals surface area contributed by atoms with Crippen LogP contribution >= 0.6 is 0 Å². The summed E-state index contributed by atoms with van der Waals surface area (Å²) in [7, 11) is 1.36. The van der Waals surface area contributed by atoms with Crippen molar-refractivity contribution >= 4 is 5.83 Å². The van der Waals surface area contributed by atoms with Gasteiger partial charge >= 0.3 is 6.18 Å². The van der Waals surface area contributed by atoms with Crippen molar-refractivity contribution in [1.82, 2.24) is 0 Å². The van der Waals surface area contributed by atoms with Gasteiger partial charge in [-0.3, -0.25) is 0 Å². The zero-order chi connectivity index (χ0) is 20.7. The minimum absolute atomic E-state index is 0.0190. The molecule has 0 radical (unpaired) electrons. The monoisotopic (exact) mass is 404 g/mol. The van der Waals surface area contributed by atoms with Crippen LogP contribution in [-0.2, 0) is 11.2 Å². The third-order valence-electron chi connectivity index (χ3n) is 5.82. The minimum Gasteiger partial charge on any atom is -0.385 e. The summed E-state index contributed by atoms with van der Waals surface area (Å²) in [6, 6.07) is 5.63. The molecule has 28 heavy (non-hydrogen) atoms. The molecule has 1 atom stereocenters. The molecule has 1 fully saturated rings. The van der Waals surface area contributed by atoms with E-state index in [9.17, 15) is 22.0 Å². The molecule has 0 aliphatic heterocycles. The topological polar surface area (TPSA) is 9.23 Å². The quantitative estimate of drug-likeness (QED) is 0.414. The normalized spacial score (nSPS) is 22.7. The smallest absolute Gasteiger partial charge is 0.385 e. The van der Waals surface area contributed by atoms with Crippen LogP contribution in [0.2, 0.25) is 0 Å². The van der Waals surface area contributed by atoms with E-state index < -0.39 is 29.7 Å². The van der Waals surface area contributed by atoms with Gasteiger partial charge in [0.25, 0.3) is 0 Å². The highest BCUT2D eigenvalue weighted by atomic mass is 19.4. The summed E-state index contributed by atoms with van der Waals surface area (Å²) in [5.41, 5.74) is 0.526. The molecule has 1 unspecified atom stereocenters. The van der Waals surface area contributed by atoms with Crippen molar-refractivity contribution in [2.24, 2.45) is 17.8 Å². The van der Waals surface area contributed by atoms with Gasteiger partial charge in [0.05, 0.1) is 5.92 Å². The highest BCUT2D eigenvalue weighted by molar-refractivity contribution is 5.61. The molecule has 0 amide bonds. The molecular formula is C22H29F5O. The van der Waals surface area contributed by atoms with E-state index in [4.69, 9.17) is 4.74 Å². The fraction of sp³-hybridized carbons (Fsp3) is 0.636. The largest absolute Gasteiger partial charge is 0.392 e. The lowest BCUT2D eigenvalue weighted by molar-refractivity contribution is -0.178. The first-order valence-corrected chi connectivity index (χ1v) is 9.96. The van der Waals surface area contributed by atoms with Crippen LogP contribution < -0.4 is 0 Å². The van der Waals surface area contributed by atoms with Gasteiger partial charge in [-0.1, -0.05) is 37.6 Å². The molecule has 0 saturated heterocycles. The van der Waals surface area contributed by atoms with Gasteiger partial charge in [0.2, 0.25) is 0 Å². The van der Waals surface area contributed by atoms with Crippen LogP contribution in [0.3, 0.4) is 0 Å². The van der Waals surface area contributed by atoms with E-state index in [0.717, 1.165) is 19.3 Å². The van der Waals surface area contributed by atoms with Gasteiger partial charge in [-0.05, 0) is 50.0 Å². The van der Waals surface area contributed by atoms with Gasteiger partial charge in [0.1, 0.15) is 5.83 Å². The second-order valence-corrected chi connectivity index (χ2v) is 7.71. The van der Waals surface area contributed by atoms with E-state index in [2.05, 4.69) is 6.92 Å². The number of benzene rings is 1. The maximum Gasteiger partial charge on any atom is 0.392 e. The van der Waals surface area contributed by atoms with Gasteiger partial charge in [-0.2, -0.15) is 13.2 Å². The fourth-order valence-electron chi connectivity index (χ4n) is 3.85. The summed E-state index contributed by atoms with van der Waals surface area (Å²) in [4.78, 5) is 0. The summed E-state index contributed by atoms with van der Waals surface area (Å²) in [5.74, 6) is -2.95. The standard InChI is InChI=1S/C22H29F5O/c1-3-15-4-8-17(9-5-15)20(23)21(24)18-10-6-16(7-11-18)14-19(12-13-28-2)22(25,26)27/h6-7,10-11,15,17,19H,3-5,8-9,12-14H2,1-2H3/b21-20-. The third kappa shape index (κ3) is 6.29. The summed E-state index contributed by atoms with van der Waals surface area (Å²) < 4.78 is 73.2. The zero-order valence-electron chi connectivity index (χ0n) is 16.5. The second kappa shape index (κ2) is 10.4. The predicted molar refractivity (Wildman–Crippen MR) is 101 cm³/mol. The summed E-state index contributed by atoms with van der Waals surface area (Å²) in [6.07, 6.45) is -0.516. The highest BCUT2D eigenvalue weighted by Crippen LogP contribution is 2.39. The van der Waals surface area contributed by atoms with Crippen molar-refractivity contribution in [3.05, 3.63) is 41.2 Å². The van der Waals surface area contributed by atoms with Gasteiger partial charge in [0.15, 0.2) is 5.83 Å². The Morgan fingerprint density at radius 3 is 2.18 bits per heavy atom. The van der Waals surface area contributed by atoms with E-state index in [1.54, 1.807) is 0 Å². The Morgan fingerprint density at radius 1 is 1.07 bits per heavy atom. The van der Waals surface area contributed by atoms with Crippen LogP contribution in [0.15, 0.2) is 30.1 Å². The van der Waals surface area contributed by atoms with E-state index in [1.807, 2.05) is 0 Å².